The van der Waals surface area contributed by atoms with Crippen LogP contribution < -0.4 is 5.32 Å². The molecule has 0 bridgehead atoms. The summed E-state index contributed by atoms with van der Waals surface area (Å²) in [4.78, 5) is 11.3. The van der Waals surface area contributed by atoms with Gasteiger partial charge in [-0.25, -0.2) is 4.79 Å². The summed E-state index contributed by atoms with van der Waals surface area (Å²) in [7, 11) is 1.73. The molecule has 14 heavy (non-hydrogen) atoms. The summed E-state index contributed by atoms with van der Waals surface area (Å²) in [6.07, 6.45) is -0.388. The van der Waals surface area contributed by atoms with E-state index < -0.39 is 5.60 Å². The molecule has 4 nitrogen and oxygen atoms in total. The first-order valence-corrected chi connectivity index (χ1v) is 4.84. The number of nitrogens with zero attached hydrogens (tertiary/aromatic N) is 1. The van der Waals surface area contributed by atoms with Crippen molar-refractivity contribution in [1.82, 2.24) is 5.32 Å². The van der Waals surface area contributed by atoms with Crippen LogP contribution in [-0.2, 0) is 4.74 Å². The van der Waals surface area contributed by atoms with Crippen LogP contribution in [0.3, 0.4) is 0 Å². The zero-order valence-corrected chi connectivity index (χ0v) is 9.92. The highest BCUT2D eigenvalue weighted by Crippen LogP contribution is 2.08. The van der Waals surface area contributed by atoms with Crippen LogP contribution in [0.2, 0.25) is 0 Å². The van der Waals surface area contributed by atoms with Gasteiger partial charge in [0.15, 0.2) is 0 Å². The smallest absolute Gasteiger partial charge is 0.407 e. The van der Waals surface area contributed by atoms with Crippen molar-refractivity contribution in [2.24, 2.45) is 0 Å². The minimum atomic E-state index is -0.448. The van der Waals surface area contributed by atoms with Crippen molar-refractivity contribution in [3.8, 4) is 0 Å². The molecule has 0 rings (SSSR count). The molecule has 0 heterocycles. The molecule has 2 unspecified atom stereocenters. The van der Waals surface area contributed by atoms with Crippen molar-refractivity contribution >= 4 is 6.09 Å². The van der Waals surface area contributed by atoms with Crippen LogP contribution >= 0.6 is 0 Å². The molecule has 4 heteroatoms. The van der Waals surface area contributed by atoms with Gasteiger partial charge < -0.3 is 15.4 Å². The quantitative estimate of drug-likeness (QED) is 0.761. The predicted molar refractivity (Wildman–Crippen MR) is 57.6 cm³/mol. The maximum absolute atomic E-state index is 11.3. The number of ether oxygens (including phenoxy) is 1. The Labute approximate surface area is 86.4 Å². The number of hydrogen-bond acceptors (Lipinski definition) is 2. The third-order valence-corrected chi connectivity index (χ3v) is 1.88. The molecule has 1 N–H and O–H groups in total. The molecular weight excluding hydrogens is 180 g/mol. The van der Waals surface area contributed by atoms with Crippen LogP contribution in [0.4, 0.5) is 4.79 Å². The molecule has 0 aliphatic rings. The lowest BCUT2D eigenvalue weighted by molar-refractivity contribution is 0.0505. The molecule has 0 aromatic heterocycles. The van der Waals surface area contributed by atoms with Gasteiger partial charge in [0.25, 0.3) is 0 Å². The van der Waals surface area contributed by atoms with Crippen molar-refractivity contribution < 1.29 is 9.53 Å². The molecule has 0 radical (unpaired) electrons. The highest BCUT2D eigenvalue weighted by atomic mass is 16.6. The monoisotopic (exact) mass is 201 g/mol. The van der Waals surface area contributed by atoms with Gasteiger partial charge >= 0.3 is 6.09 Å². The summed E-state index contributed by atoms with van der Waals surface area (Å²) in [6, 6.07) is 0.0948. The third kappa shape index (κ3) is 5.80. The fraction of sp³-hybridized carbons (Fsp3) is 0.900. The number of likely N-dealkylation sites (N-methyl/N-ethyl adjacent to an activating group) is 1. The van der Waals surface area contributed by atoms with Crippen molar-refractivity contribution in [3.63, 3.8) is 0 Å². The molecular formula is C10H21N2O2-. The number of carbonyl (C=O) groups excluding carboxylic acids is 1. The van der Waals surface area contributed by atoms with E-state index in [9.17, 15) is 4.79 Å². The Morgan fingerprint density at radius 1 is 1.36 bits per heavy atom. The van der Waals surface area contributed by atoms with Crippen molar-refractivity contribution in [1.29, 1.82) is 0 Å². The maximum Gasteiger partial charge on any atom is 0.407 e. The lowest BCUT2D eigenvalue weighted by Crippen LogP contribution is -2.42. The van der Waals surface area contributed by atoms with E-state index in [0.29, 0.717) is 0 Å². The lowest BCUT2D eigenvalue weighted by Gasteiger charge is -2.31. The molecule has 0 saturated heterocycles. The van der Waals surface area contributed by atoms with Gasteiger partial charge in [0.05, 0.1) is 0 Å². The van der Waals surface area contributed by atoms with Crippen LogP contribution in [0.15, 0.2) is 0 Å². The first-order valence-electron chi connectivity index (χ1n) is 4.84. The fourth-order valence-corrected chi connectivity index (χ4v) is 0.838. The number of alkyl carbamates (subject to hydrolysis) is 1. The van der Waals surface area contributed by atoms with E-state index in [0.717, 1.165) is 0 Å². The van der Waals surface area contributed by atoms with E-state index in [-0.39, 0.29) is 18.2 Å². The van der Waals surface area contributed by atoms with E-state index in [1.165, 1.54) is 0 Å². The summed E-state index contributed by atoms with van der Waals surface area (Å²) in [5.41, 5.74) is -0.448. The normalized spacial score (nSPS) is 15.9. The summed E-state index contributed by atoms with van der Waals surface area (Å²) in [5.74, 6) is 0. The standard InChI is InChI=1S/C10H21N2O2/c1-7(11-6)8(2)12-9(13)14-10(3,4)5/h7-8H,1-6H3,(H,12,13)/q-1. The van der Waals surface area contributed by atoms with Crippen molar-refractivity contribution in [3.05, 3.63) is 5.32 Å². The molecule has 2 atom stereocenters. The summed E-state index contributed by atoms with van der Waals surface area (Å²) in [5, 5.41) is 6.80. The van der Waals surface area contributed by atoms with Crippen LogP contribution in [0.5, 0.6) is 0 Å². The maximum atomic E-state index is 11.3. The van der Waals surface area contributed by atoms with Crippen molar-refractivity contribution in [2.45, 2.75) is 52.3 Å². The number of rotatable bonds is 3. The molecule has 0 fully saturated rings. The number of carbonyl (C=O) groups is 1. The summed E-state index contributed by atoms with van der Waals surface area (Å²) >= 11 is 0. The molecule has 84 valence electrons. The van der Waals surface area contributed by atoms with Gasteiger partial charge in [0.2, 0.25) is 0 Å². The Balaban J connectivity index is 3.95. The van der Waals surface area contributed by atoms with Crippen LogP contribution in [0.1, 0.15) is 34.6 Å². The zero-order chi connectivity index (χ0) is 11.4. The van der Waals surface area contributed by atoms with Gasteiger partial charge in [-0.3, -0.25) is 0 Å². The Morgan fingerprint density at radius 2 is 1.86 bits per heavy atom. The van der Waals surface area contributed by atoms with Gasteiger partial charge in [0.1, 0.15) is 5.60 Å². The first kappa shape index (κ1) is 13.2. The first-order chi connectivity index (χ1) is 6.26. The average molecular weight is 201 g/mol. The predicted octanol–water partition coefficient (Wildman–Crippen LogP) is 2.29. The second-order valence-electron chi connectivity index (χ2n) is 4.43. The molecule has 0 saturated carbocycles. The Bertz CT molecular complexity index is 187. The highest BCUT2D eigenvalue weighted by molar-refractivity contribution is 5.68. The fourth-order valence-electron chi connectivity index (χ4n) is 0.838. The van der Waals surface area contributed by atoms with Gasteiger partial charge in [-0.1, -0.05) is 6.92 Å². The van der Waals surface area contributed by atoms with E-state index in [1.807, 2.05) is 34.6 Å². The van der Waals surface area contributed by atoms with E-state index in [1.54, 1.807) is 7.05 Å². The number of hydrogen-bond donors (Lipinski definition) is 1. The van der Waals surface area contributed by atoms with E-state index in [2.05, 4.69) is 10.6 Å². The SMILES string of the molecule is C[N-]C(C)C(C)NC(=O)OC(C)(C)C. The topological polar surface area (TPSA) is 52.4 Å². The number of nitrogens with one attached hydrogen (secondary N) is 1. The lowest BCUT2D eigenvalue weighted by atomic mass is 10.2. The summed E-state index contributed by atoms with van der Waals surface area (Å²) < 4.78 is 5.11. The zero-order valence-electron chi connectivity index (χ0n) is 9.92. The van der Waals surface area contributed by atoms with Crippen molar-refractivity contribution in [2.75, 3.05) is 7.05 Å². The van der Waals surface area contributed by atoms with Crippen LogP contribution in [0, 0.1) is 0 Å². The minimum absolute atomic E-state index is 0.00477. The van der Waals surface area contributed by atoms with Crippen LogP contribution in [-0.4, -0.2) is 30.8 Å². The molecule has 0 aromatic carbocycles. The second kappa shape index (κ2) is 5.20. The third-order valence-electron chi connectivity index (χ3n) is 1.88. The van der Waals surface area contributed by atoms with Gasteiger partial charge in [-0.2, -0.15) is 7.05 Å². The number of amides is 1. The molecule has 0 aromatic rings. The Morgan fingerprint density at radius 3 is 2.21 bits per heavy atom. The highest BCUT2D eigenvalue weighted by Gasteiger charge is 2.17. The second-order valence-corrected chi connectivity index (χ2v) is 4.43. The van der Waals surface area contributed by atoms with E-state index in [4.69, 9.17) is 4.74 Å². The Hall–Kier alpha value is -0.770. The van der Waals surface area contributed by atoms with Gasteiger partial charge in [-0.05, 0) is 27.7 Å². The average Bonchev–Trinajstić information content (AvgIpc) is 1.99. The van der Waals surface area contributed by atoms with E-state index >= 15 is 0 Å². The largest absolute Gasteiger partial charge is 0.661 e. The minimum Gasteiger partial charge on any atom is -0.661 e. The molecule has 0 aliphatic heterocycles. The summed E-state index contributed by atoms with van der Waals surface area (Å²) in [6.45, 7) is 9.37. The Kier molecular flexibility index (Phi) is 4.91. The van der Waals surface area contributed by atoms with Crippen LogP contribution in [0.25, 0.3) is 5.32 Å². The van der Waals surface area contributed by atoms with Gasteiger partial charge in [0, 0.05) is 6.04 Å². The molecule has 1 amide bonds. The van der Waals surface area contributed by atoms with Gasteiger partial charge in [-0.15, -0.1) is 6.04 Å². The molecule has 0 aliphatic carbocycles. The molecule has 0 spiro atoms.